The molecule has 0 amide bonds. The summed E-state index contributed by atoms with van der Waals surface area (Å²) in [4.78, 5) is 14.2. The number of pyridine rings is 1. The second-order valence-electron chi connectivity index (χ2n) is 3.00. The highest BCUT2D eigenvalue weighted by atomic mass is 35.5. The first-order valence-electron chi connectivity index (χ1n) is 4.04. The molecule has 1 heterocycles. The fourth-order valence-electron chi connectivity index (χ4n) is 1.31. The molecule has 1 N–H and O–H groups in total. The van der Waals surface area contributed by atoms with E-state index in [0.29, 0.717) is 0 Å². The molecule has 0 aliphatic rings. The molecule has 0 radical (unpaired) electrons. The van der Waals surface area contributed by atoms with Crippen molar-refractivity contribution in [1.82, 2.24) is 4.98 Å². The van der Waals surface area contributed by atoms with Crippen molar-refractivity contribution in [3.63, 3.8) is 0 Å². The molecule has 0 spiro atoms. The molecule has 0 saturated heterocycles. The molecule has 1 rings (SSSR count). The first-order chi connectivity index (χ1) is 6.86. The number of carboxylic acids is 1. The Morgan fingerprint density at radius 1 is 1.47 bits per heavy atom. The SMILES string of the molecule is Cc1nc(C(=O)O)c(Cl)c(C)c1C(F)F. The number of hydrogen-bond acceptors (Lipinski definition) is 2. The van der Waals surface area contributed by atoms with Crippen LogP contribution in [0.3, 0.4) is 0 Å². The van der Waals surface area contributed by atoms with E-state index in [9.17, 15) is 13.6 Å². The first kappa shape index (κ1) is 11.8. The van der Waals surface area contributed by atoms with Crippen molar-refractivity contribution in [3.05, 3.63) is 27.5 Å². The summed E-state index contributed by atoms with van der Waals surface area (Å²) in [5, 5.41) is 8.48. The van der Waals surface area contributed by atoms with E-state index in [1.54, 1.807) is 0 Å². The Bertz CT molecular complexity index is 421. The number of carboxylic acid groups (broad SMARTS) is 1. The van der Waals surface area contributed by atoms with Gasteiger partial charge in [-0.1, -0.05) is 11.6 Å². The lowest BCUT2D eigenvalue weighted by Crippen LogP contribution is -2.08. The van der Waals surface area contributed by atoms with Gasteiger partial charge < -0.3 is 5.11 Å². The summed E-state index contributed by atoms with van der Waals surface area (Å²) in [6, 6.07) is 0. The number of hydrogen-bond donors (Lipinski definition) is 1. The lowest BCUT2D eigenvalue weighted by molar-refractivity contribution is 0.0689. The molecule has 6 heteroatoms. The van der Waals surface area contributed by atoms with Gasteiger partial charge >= 0.3 is 5.97 Å². The van der Waals surface area contributed by atoms with Crippen LogP contribution in [0.5, 0.6) is 0 Å². The van der Waals surface area contributed by atoms with E-state index in [-0.39, 0.29) is 21.8 Å². The third-order valence-corrected chi connectivity index (χ3v) is 2.49. The Hall–Kier alpha value is -1.23. The van der Waals surface area contributed by atoms with Gasteiger partial charge in [-0.2, -0.15) is 0 Å². The first-order valence-corrected chi connectivity index (χ1v) is 4.42. The molecule has 0 unspecified atom stereocenters. The van der Waals surface area contributed by atoms with Crippen molar-refractivity contribution in [2.24, 2.45) is 0 Å². The van der Waals surface area contributed by atoms with Crippen molar-refractivity contribution in [2.75, 3.05) is 0 Å². The second kappa shape index (κ2) is 4.10. The molecule has 3 nitrogen and oxygen atoms in total. The minimum Gasteiger partial charge on any atom is -0.476 e. The lowest BCUT2D eigenvalue weighted by Gasteiger charge is -2.11. The molecule has 0 fully saturated rings. The van der Waals surface area contributed by atoms with Gasteiger partial charge in [0.05, 0.1) is 5.02 Å². The Kier molecular flexibility index (Phi) is 3.24. The summed E-state index contributed by atoms with van der Waals surface area (Å²) in [5.74, 6) is -1.33. The Balaban J connectivity index is 3.51. The van der Waals surface area contributed by atoms with Gasteiger partial charge in [0, 0.05) is 11.3 Å². The molecule has 0 aliphatic heterocycles. The highest BCUT2D eigenvalue weighted by Gasteiger charge is 2.22. The van der Waals surface area contributed by atoms with Crippen molar-refractivity contribution < 1.29 is 18.7 Å². The average molecular weight is 236 g/mol. The third kappa shape index (κ3) is 2.07. The van der Waals surface area contributed by atoms with Crippen molar-refractivity contribution in [2.45, 2.75) is 20.3 Å². The standard InChI is InChI=1S/C9H8ClF2NO2/c1-3-5(8(11)12)4(2)13-7(6(3)10)9(14)15/h8H,1-2H3,(H,14,15). The van der Waals surface area contributed by atoms with Crippen molar-refractivity contribution in [3.8, 4) is 0 Å². The van der Waals surface area contributed by atoms with Crippen LogP contribution in [0.25, 0.3) is 0 Å². The molecule has 1 aromatic rings. The minimum absolute atomic E-state index is 0.00991. The number of aryl methyl sites for hydroxylation is 1. The van der Waals surface area contributed by atoms with E-state index in [2.05, 4.69) is 4.98 Å². The number of alkyl halides is 2. The predicted octanol–water partition coefficient (Wildman–Crippen LogP) is 2.99. The van der Waals surface area contributed by atoms with Crippen molar-refractivity contribution in [1.29, 1.82) is 0 Å². The van der Waals surface area contributed by atoms with E-state index < -0.39 is 18.1 Å². The zero-order valence-electron chi connectivity index (χ0n) is 8.01. The predicted molar refractivity (Wildman–Crippen MR) is 50.6 cm³/mol. The summed E-state index contributed by atoms with van der Waals surface area (Å²) in [6.45, 7) is 2.68. The maximum atomic E-state index is 12.6. The third-order valence-electron chi connectivity index (χ3n) is 2.03. The Morgan fingerprint density at radius 2 is 2.00 bits per heavy atom. The molecule has 82 valence electrons. The summed E-state index contributed by atoms with van der Waals surface area (Å²) < 4.78 is 25.1. The Morgan fingerprint density at radius 3 is 2.40 bits per heavy atom. The van der Waals surface area contributed by atoms with Crippen LogP contribution >= 0.6 is 11.6 Å². The zero-order valence-corrected chi connectivity index (χ0v) is 8.77. The summed E-state index contributed by atoms with van der Waals surface area (Å²) in [6.07, 6.45) is -2.71. The number of nitrogens with zero attached hydrogens (tertiary/aromatic N) is 1. The molecule has 0 bridgehead atoms. The van der Waals surface area contributed by atoms with Gasteiger partial charge in [0.2, 0.25) is 0 Å². The average Bonchev–Trinajstić information content (AvgIpc) is 2.10. The maximum Gasteiger partial charge on any atom is 0.356 e. The van der Waals surface area contributed by atoms with Gasteiger partial charge in [-0.25, -0.2) is 18.6 Å². The molecule has 15 heavy (non-hydrogen) atoms. The fourth-order valence-corrected chi connectivity index (χ4v) is 1.53. The minimum atomic E-state index is -2.71. The molecule has 1 aromatic heterocycles. The molecule has 0 atom stereocenters. The van der Waals surface area contributed by atoms with Crippen LogP contribution in [-0.4, -0.2) is 16.1 Å². The zero-order chi connectivity index (χ0) is 11.7. The summed E-state index contributed by atoms with van der Waals surface area (Å²) in [7, 11) is 0. The number of aromatic carboxylic acids is 1. The number of rotatable bonds is 2. The number of carbonyl (C=O) groups is 1. The van der Waals surface area contributed by atoms with Crippen LogP contribution in [0.4, 0.5) is 8.78 Å². The van der Waals surface area contributed by atoms with Crippen LogP contribution in [0.2, 0.25) is 5.02 Å². The van der Waals surface area contributed by atoms with Crippen LogP contribution in [0, 0.1) is 13.8 Å². The number of aromatic nitrogens is 1. The molecule has 0 saturated carbocycles. The molecule has 0 aliphatic carbocycles. The maximum absolute atomic E-state index is 12.6. The highest BCUT2D eigenvalue weighted by Crippen LogP contribution is 2.31. The van der Waals surface area contributed by atoms with E-state index in [4.69, 9.17) is 16.7 Å². The topological polar surface area (TPSA) is 50.2 Å². The highest BCUT2D eigenvalue weighted by molar-refractivity contribution is 6.34. The van der Waals surface area contributed by atoms with Gasteiger partial charge in [-0.15, -0.1) is 0 Å². The van der Waals surface area contributed by atoms with Crippen LogP contribution < -0.4 is 0 Å². The monoisotopic (exact) mass is 235 g/mol. The van der Waals surface area contributed by atoms with Crippen LogP contribution in [-0.2, 0) is 0 Å². The van der Waals surface area contributed by atoms with Crippen LogP contribution in [0.15, 0.2) is 0 Å². The van der Waals surface area contributed by atoms with Crippen LogP contribution in [0.1, 0.15) is 33.7 Å². The summed E-state index contributed by atoms with van der Waals surface area (Å²) >= 11 is 5.63. The lowest BCUT2D eigenvalue weighted by atomic mass is 10.1. The van der Waals surface area contributed by atoms with Gasteiger partial charge in [-0.05, 0) is 19.4 Å². The van der Waals surface area contributed by atoms with E-state index in [0.717, 1.165) is 0 Å². The number of halogens is 3. The fraction of sp³-hybridized carbons (Fsp3) is 0.333. The second-order valence-corrected chi connectivity index (χ2v) is 3.38. The van der Waals surface area contributed by atoms with E-state index in [1.807, 2.05) is 0 Å². The van der Waals surface area contributed by atoms with E-state index >= 15 is 0 Å². The van der Waals surface area contributed by atoms with Gasteiger partial charge in [0.25, 0.3) is 6.43 Å². The van der Waals surface area contributed by atoms with E-state index in [1.165, 1.54) is 13.8 Å². The van der Waals surface area contributed by atoms with Crippen molar-refractivity contribution >= 4 is 17.6 Å². The summed E-state index contributed by atoms with van der Waals surface area (Å²) in [5.41, 5.74) is -0.637. The molecule has 0 aromatic carbocycles. The molecular weight excluding hydrogens is 228 g/mol. The molecular formula is C9H8ClF2NO2. The van der Waals surface area contributed by atoms with Gasteiger partial charge in [0.1, 0.15) is 0 Å². The smallest absolute Gasteiger partial charge is 0.356 e. The Labute approximate surface area is 89.7 Å². The quantitative estimate of drug-likeness (QED) is 0.857. The largest absolute Gasteiger partial charge is 0.476 e. The van der Waals surface area contributed by atoms with Gasteiger partial charge in [-0.3, -0.25) is 0 Å². The van der Waals surface area contributed by atoms with Gasteiger partial charge in [0.15, 0.2) is 5.69 Å². The normalized spacial score (nSPS) is 10.8.